The lowest BCUT2D eigenvalue weighted by Crippen LogP contribution is -2.25. The molecule has 2 aromatic carbocycles. The van der Waals surface area contributed by atoms with E-state index in [2.05, 4.69) is 21.4 Å². The minimum atomic E-state index is -3.68. The Bertz CT molecular complexity index is 1090. The smallest absolute Gasteiger partial charge is 0.395 e. The number of alkyl halides is 2. The molecule has 1 aromatic heterocycles. The van der Waals surface area contributed by atoms with E-state index in [0.29, 0.717) is 5.69 Å². The second kappa shape index (κ2) is 4.97. The number of aryl methyl sites for hydroxylation is 1. The predicted octanol–water partition coefficient (Wildman–Crippen LogP) is 5.26. The third kappa shape index (κ3) is 2.23. The van der Waals surface area contributed by atoms with Crippen molar-refractivity contribution in [2.75, 3.05) is 5.32 Å². The largest absolute Gasteiger partial charge is 0.586 e. The van der Waals surface area contributed by atoms with Gasteiger partial charge in [-0.1, -0.05) is 6.58 Å². The molecule has 26 heavy (non-hydrogen) atoms. The summed E-state index contributed by atoms with van der Waals surface area (Å²) in [6.07, 6.45) is -2.81. The summed E-state index contributed by atoms with van der Waals surface area (Å²) < 4.78 is 51.6. The Kier molecular flexibility index (Phi) is 2.90. The monoisotopic (exact) mass is 358 g/mol. The normalized spacial score (nSPS) is 17.0. The van der Waals surface area contributed by atoms with Gasteiger partial charge in [0.25, 0.3) is 0 Å². The lowest BCUT2D eigenvalue weighted by molar-refractivity contribution is -0.286. The molecule has 0 atom stereocenters. The molecule has 4 nitrogen and oxygen atoms in total. The molecule has 3 heterocycles. The van der Waals surface area contributed by atoms with Gasteiger partial charge in [0, 0.05) is 35.4 Å². The Hall–Kier alpha value is -3.09. The molecule has 0 radical (unpaired) electrons. The molecular formula is C19H13F3N2O2. The maximum atomic E-state index is 14.6. The molecular weight excluding hydrogens is 345 g/mol. The number of allylic oxidation sites excluding steroid dienone is 1. The lowest BCUT2D eigenvalue weighted by Gasteiger charge is -2.09. The van der Waals surface area contributed by atoms with Crippen molar-refractivity contribution in [3.63, 3.8) is 0 Å². The van der Waals surface area contributed by atoms with Gasteiger partial charge >= 0.3 is 6.29 Å². The van der Waals surface area contributed by atoms with Crippen LogP contribution in [0.4, 0.5) is 24.5 Å². The maximum absolute atomic E-state index is 14.6. The number of aromatic nitrogens is 1. The van der Waals surface area contributed by atoms with E-state index < -0.39 is 12.1 Å². The van der Waals surface area contributed by atoms with Gasteiger partial charge in [-0.3, -0.25) is 0 Å². The molecule has 0 unspecified atom stereocenters. The SMILES string of the molecule is C=C1CCn2c1cc1cc(Nc3ccc4c(c3)OC(F)(F)O4)c(F)cc12. The third-order valence-corrected chi connectivity index (χ3v) is 4.67. The summed E-state index contributed by atoms with van der Waals surface area (Å²) in [6, 6.07) is 9.38. The Labute approximate surface area is 146 Å². The number of benzene rings is 2. The first kappa shape index (κ1) is 15.2. The minimum absolute atomic E-state index is 0.0566. The molecule has 5 rings (SSSR count). The van der Waals surface area contributed by atoms with Crippen LogP contribution in [0.25, 0.3) is 16.5 Å². The van der Waals surface area contributed by atoms with Crippen molar-refractivity contribution in [2.45, 2.75) is 19.3 Å². The first-order valence-electron chi connectivity index (χ1n) is 8.07. The van der Waals surface area contributed by atoms with Gasteiger partial charge in [0.1, 0.15) is 5.82 Å². The molecule has 0 fully saturated rings. The van der Waals surface area contributed by atoms with E-state index in [1.807, 2.05) is 10.6 Å². The number of nitrogens with one attached hydrogen (secondary N) is 1. The number of fused-ring (bicyclic) bond motifs is 4. The van der Waals surface area contributed by atoms with E-state index >= 15 is 0 Å². The van der Waals surface area contributed by atoms with Crippen LogP contribution < -0.4 is 14.8 Å². The van der Waals surface area contributed by atoms with E-state index in [0.717, 1.165) is 35.1 Å². The summed E-state index contributed by atoms with van der Waals surface area (Å²) in [5, 5.41) is 3.80. The van der Waals surface area contributed by atoms with Crippen LogP contribution in [-0.2, 0) is 6.54 Å². The molecule has 0 amide bonds. The summed E-state index contributed by atoms with van der Waals surface area (Å²) in [5.41, 5.74) is 3.53. The van der Waals surface area contributed by atoms with E-state index in [1.165, 1.54) is 24.3 Å². The van der Waals surface area contributed by atoms with Gasteiger partial charge in [-0.25, -0.2) is 4.39 Å². The zero-order chi connectivity index (χ0) is 18.1. The number of halogens is 3. The number of anilines is 2. The highest BCUT2D eigenvalue weighted by Gasteiger charge is 2.43. The first-order chi connectivity index (χ1) is 12.4. The van der Waals surface area contributed by atoms with E-state index in [1.54, 1.807) is 6.07 Å². The summed E-state index contributed by atoms with van der Waals surface area (Å²) in [5.74, 6) is -0.585. The van der Waals surface area contributed by atoms with Crippen LogP contribution in [0.2, 0.25) is 0 Å². The fourth-order valence-corrected chi connectivity index (χ4v) is 3.47. The molecule has 0 bridgehead atoms. The quantitative estimate of drug-likeness (QED) is 0.678. The van der Waals surface area contributed by atoms with Gasteiger partial charge in [0.05, 0.1) is 11.2 Å². The Morgan fingerprint density at radius 3 is 2.73 bits per heavy atom. The van der Waals surface area contributed by atoms with Crippen LogP contribution in [-0.4, -0.2) is 10.9 Å². The molecule has 2 aliphatic heterocycles. The molecule has 0 aliphatic carbocycles. The molecule has 1 N–H and O–H groups in total. The molecule has 0 saturated heterocycles. The highest BCUT2D eigenvalue weighted by molar-refractivity contribution is 5.90. The number of hydrogen-bond donors (Lipinski definition) is 1. The fraction of sp³-hybridized carbons (Fsp3) is 0.158. The number of nitrogens with zero attached hydrogens (tertiary/aromatic N) is 1. The predicted molar refractivity (Wildman–Crippen MR) is 91.5 cm³/mol. The van der Waals surface area contributed by atoms with E-state index in [4.69, 9.17) is 0 Å². The van der Waals surface area contributed by atoms with Crippen molar-refractivity contribution >= 4 is 27.9 Å². The summed E-state index contributed by atoms with van der Waals surface area (Å²) in [6.45, 7) is 4.82. The van der Waals surface area contributed by atoms with Crippen molar-refractivity contribution in [1.29, 1.82) is 0 Å². The average molecular weight is 358 g/mol. The van der Waals surface area contributed by atoms with Crippen molar-refractivity contribution in [3.8, 4) is 11.5 Å². The lowest BCUT2D eigenvalue weighted by atomic mass is 10.1. The van der Waals surface area contributed by atoms with Gasteiger partial charge in [0.2, 0.25) is 0 Å². The first-order valence-corrected chi connectivity index (χ1v) is 8.07. The molecule has 0 saturated carbocycles. The number of hydrogen-bond acceptors (Lipinski definition) is 3. The van der Waals surface area contributed by atoms with Crippen molar-refractivity contribution in [3.05, 3.63) is 54.5 Å². The third-order valence-electron chi connectivity index (χ3n) is 4.67. The highest BCUT2D eigenvalue weighted by atomic mass is 19.3. The van der Waals surface area contributed by atoms with Crippen LogP contribution in [0.3, 0.4) is 0 Å². The van der Waals surface area contributed by atoms with Gasteiger partial charge in [-0.2, -0.15) is 0 Å². The Balaban J connectivity index is 1.51. The van der Waals surface area contributed by atoms with Crippen molar-refractivity contribution in [1.82, 2.24) is 4.57 Å². The van der Waals surface area contributed by atoms with Gasteiger partial charge in [0.15, 0.2) is 11.5 Å². The van der Waals surface area contributed by atoms with Crippen LogP contribution in [0.1, 0.15) is 12.1 Å². The Morgan fingerprint density at radius 2 is 1.88 bits per heavy atom. The molecule has 0 spiro atoms. The minimum Gasteiger partial charge on any atom is -0.395 e. The van der Waals surface area contributed by atoms with Crippen LogP contribution in [0.15, 0.2) is 43.0 Å². The second-order valence-electron chi connectivity index (χ2n) is 6.38. The topological polar surface area (TPSA) is 35.4 Å². The number of ether oxygens (including phenoxy) is 2. The zero-order valence-corrected chi connectivity index (χ0v) is 13.5. The van der Waals surface area contributed by atoms with Gasteiger partial charge in [-0.15, -0.1) is 8.78 Å². The van der Waals surface area contributed by atoms with Crippen LogP contribution >= 0.6 is 0 Å². The zero-order valence-electron chi connectivity index (χ0n) is 13.5. The van der Waals surface area contributed by atoms with Crippen molar-refractivity contribution in [2.24, 2.45) is 0 Å². The molecule has 7 heteroatoms. The summed E-state index contributed by atoms with van der Waals surface area (Å²) >= 11 is 0. The molecule has 2 aliphatic rings. The fourth-order valence-electron chi connectivity index (χ4n) is 3.47. The number of rotatable bonds is 2. The van der Waals surface area contributed by atoms with E-state index in [-0.39, 0.29) is 17.2 Å². The average Bonchev–Trinajstić information content (AvgIpc) is 3.19. The van der Waals surface area contributed by atoms with Crippen LogP contribution in [0, 0.1) is 5.82 Å². The summed E-state index contributed by atoms with van der Waals surface area (Å²) in [4.78, 5) is 0. The molecule has 132 valence electrons. The standard InChI is InChI=1S/C19H13F3N2O2/c1-10-4-5-24-15(10)7-11-6-14(13(20)9-16(11)24)23-12-2-3-17-18(8-12)26-19(21,22)25-17/h2-3,6-9,23H,1,4-5H2. The van der Waals surface area contributed by atoms with E-state index in [9.17, 15) is 13.2 Å². The Morgan fingerprint density at radius 1 is 1.08 bits per heavy atom. The highest BCUT2D eigenvalue weighted by Crippen LogP contribution is 2.43. The van der Waals surface area contributed by atoms with Gasteiger partial charge < -0.3 is 19.4 Å². The van der Waals surface area contributed by atoms with Crippen molar-refractivity contribution < 1.29 is 22.6 Å². The summed E-state index contributed by atoms with van der Waals surface area (Å²) in [7, 11) is 0. The maximum Gasteiger partial charge on any atom is 0.586 e. The second-order valence-corrected chi connectivity index (χ2v) is 6.38. The van der Waals surface area contributed by atoms with Crippen LogP contribution in [0.5, 0.6) is 11.5 Å². The molecule has 3 aromatic rings. The van der Waals surface area contributed by atoms with Gasteiger partial charge in [-0.05, 0) is 36.3 Å².